The first kappa shape index (κ1) is 16.7. The summed E-state index contributed by atoms with van der Waals surface area (Å²) in [6.07, 6.45) is 2.13. The van der Waals surface area contributed by atoms with Crippen LogP contribution >= 0.6 is 0 Å². The Morgan fingerprint density at radius 1 is 1.15 bits per heavy atom. The van der Waals surface area contributed by atoms with Gasteiger partial charge in [0.1, 0.15) is 0 Å². The van der Waals surface area contributed by atoms with E-state index in [1.807, 2.05) is 6.07 Å². The molecule has 1 rings (SSSR count). The number of ether oxygens (including phenoxy) is 1. The van der Waals surface area contributed by atoms with E-state index in [9.17, 15) is 0 Å². The Balaban J connectivity index is 2.31. The molecule has 3 nitrogen and oxygen atoms in total. The van der Waals surface area contributed by atoms with Crippen molar-refractivity contribution in [2.45, 2.75) is 20.8 Å². The fraction of sp³-hybridized carbons (Fsp3) is 0.529. The molecule has 0 saturated heterocycles. The zero-order valence-corrected chi connectivity index (χ0v) is 13.3. The smallest absolute Gasteiger partial charge is 0.0667 e. The van der Waals surface area contributed by atoms with Gasteiger partial charge in [0.2, 0.25) is 0 Å². The summed E-state index contributed by atoms with van der Waals surface area (Å²) in [5, 5.41) is 0. The summed E-state index contributed by atoms with van der Waals surface area (Å²) in [6, 6.07) is 10.4. The molecule has 0 radical (unpaired) electrons. The third-order valence-corrected chi connectivity index (χ3v) is 3.62. The summed E-state index contributed by atoms with van der Waals surface area (Å²) < 4.78 is 5.68. The SMILES string of the molecule is CCN(CC)CCOC/C=C(/C)N(C)c1ccccc1. The van der Waals surface area contributed by atoms with Crippen LogP contribution in [-0.2, 0) is 4.74 Å². The van der Waals surface area contributed by atoms with Gasteiger partial charge in [-0.15, -0.1) is 0 Å². The molecule has 0 aliphatic rings. The summed E-state index contributed by atoms with van der Waals surface area (Å²) >= 11 is 0. The number of anilines is 1. The standard InChI is InChI=1S/C17H28N2O/c1-5-19(6-2)13-15-20-14-12-16(3)18(4)17-10-8-7-9-11-17/h7-12H,5-6,13-15H2,1-4H3/b16-12-. The van der Waals surface area contributed by atoms with Crippen LogP contribution in [0.1, 0.15) is 20.8 Å². The predicted octanol–water partition coefficient (Wildman–Crippen LogP) is 3.39. The number of likely N-dealkylation sites (N-methyl/N-ethyl adjacent to an activating group) is 1. The van der Waals surface area contributed by atoms with Crippen molar-refractivity contribution >= 4 is 5.69 Å². The van der Waals surface area contributed by atoms with Gasteiger partial charge in [0.25, 0.3) is 0 Å². The van der Waals surface area contributed by atoms with Gasteiger partial charge in [-0.25, -0.2) is 0 Å². The minimum Gasteiger partial charge on any atom is -0.376 e. The molecule has 1 aromatic carbocycles. The van der Waals surface area contributed by atoms with Crippen molar-refractivity contribution < 1.29 is 4.74 Å². The molecule has 0 amide bonds. The fourth-order valence-corrected chi connectivity index (χ4v) is 1.99. The Labute approximate surface area is 123 Å². The second kappa shape index (κ2) is 9.56. The van der Waals surface area contributed by atoms with E-state index in [-0.39, 0.29) is 0 Å². The lowest BCUT2D eigenvalue weighted by molar-refractivity contribution is 0.128. The Bertz CT molecular complexity index is 385. The van der Waals surface area contributed by atoms with E-state index in [1.54, 1.807) is 0 Å². The van der Waals surface area contributed by atoms with Crippen molar-refractivity contribution in [3.63, 3.8) is 0 Å². The highest BCUT2D eigenvalue weighted by Gasteiger charge is 2.01. The summed E-state index contributed by atoms with van der Waals surface area (Å²) in [5.41, 5.74) is 2.41. The molecule has 0 unspecified atom stereocenters. The fourth-order valence-electron chi connectivity index (χ4n) is 1.99. The number of allylic oxidation sites excluding steroid dienone is 1. The Morgan fingerprint density at radius 2 is 1.80 bits per heavy atom. The molecular formula is C17H28N2O. The molecule has 1 aromatic rings. The molecule has 0 saturated carbocycles. The number of hydrogen-bond donors (Lipinski definition) is 0. The molecule has 0 fully saturated rings. The quantitative estimate of drug-likeness (QED) is 0.643. The van der Waals surface area contributed by atoms with Gasteiger partial charge in [0, 0.05) is 25.0 Å². The minimum atomic E-state index is 0.671. The lowest BCUT2D eigenvalue weighted by atomic mass is 10.3. The van der Waals surface area contributed by atoms with Gasteiger partial charge in [-0.3, -0.25) is 0 Å². The molecular weight excluding hydrogens is 248 g/mol. The number of para-hydroxylation sites is 1. The maximum absolute atomic E-state index is 5.68. The zero-order valence-electron chi connectivity index (χ0n) is 13.3. The maximum Gasteiger partial charge on any atom is 0.0667 e. The van der Waals surface area contributed by atoms with Crippen molar-refractivity contribution in [2.24, 2.45) is 0 Å². The van der Waals surface area contributed by atoms with E-state index < -0.39 is 0 Å². The maximum atomic E-state index is 5.68. The zero-order chi connectivity index (χ0) is 14.8. The molecule has 0 aliphatic carbocycles. The van der Waals surface area contributed by atoms with Crippen molar-refractivity contribution in [2.75, 3.05) is 44.8 Å². The largest absolute Gasteiger partial charge is 0.376 e. The molecule has 0 spiro atoms. The van der Waals surface area contributed by atoms with Crippen LogP contribution in [-0.4, -0.2) is 44.8 Å². The molecule has 3 heteroatoms. The Hall–Kier alpha value is -1.32. The van der Waals surface area contributed by atoms with E-state index in [2.05, 4.69) is 68.0 Å². The Kier molecular flexibility index (Phi) is 8.00. The molecule has 0 bridgehead atoms. The van der Waals surface area contributed by atoms with Gasteiger partial charge in [0.05, 0.1) is 13.2 Å². The molecule has 20 heavy (non-hydrogen) atoms. The van der Waals surface area contributed by atoms with E-state index in [0.717, 1.165) is 26.2 Å². The minimum absolute atomic E-state index is 0.671. The van der Waals surface area contributed by atoms with Crippen molar-refractivity contribution in [3.05, 3.63) is 42.1 Å². The summed E-state index contributed by atoms with van der Waals surface area (Å²) in [7, 11) is 2.08. The van der Waals surface area contributed by atoms with Gasteiger partial charge in [-0.2, -0.15) is 0 Å². The van der Waals surface area contributed by atoms with Gasteiger partial charge in [-0.1, -0.05) is 32.0 Å². The van der Waals surface area contributed by atoms with Gasteiger partial charge in [-0.05, 0) is 38.2 Å². The summed E-state index contributed by atoms with van der Waals surface area (Å²) in [5.74, 6) is 0. The van der Waals surface area contributed by atoms with Crippen molar-refractivity contribution in [1.82, 2.24) is 4.90 Å². The highest BCUT2D eigenvalue weighted by molar-refractivity contribution is 5.50. The predicted molar refractivity (Wildman–Crippen MR) is 87.2 cm³/mol. The van der Waals surface area contributed by atoms with E-state index >= 15 is 0 Å². The second-order valence-corrected chi connectivity index (χ2v) is 4.84. The van der Waals surface area contributed by atoms with Crippen molar-refractivity contribution in [3.8, 4) is 0 Å². The molecule has 112 valence electrons. The van der Waals surface area contributed by atoms with Crippen LogP contribution in [0.25, 0.3) is 0 Å². The van der Waals surface area contributed by atoms with Crippen LogP contribution in [0, 0.1) is 0 Å². The van der Waals surface area contributed by atoms with Gasteiger partial charge >= 0.3 is 0 Å². The number of hydrogen-bond acceptors (Lipinski definition) is 3. The van der Waals surface area contributed by atoms with Crippen LogP contribution in [0.4, 0.5) is 5.69 Å². The van der Waals surface area contributed by atoms with Gasteiger partial charge in [0.15, 0.2) is 0 Å². The average molecular weight is 276 g/mol. The van der Waals surface area contributed by atoms with Crippen LogP contribution in [0.5, 0.6) is 0 Å². The highest BCUT2D eigenvalue weighted by atomic mass is 16.5. The Morgan fingerprint density at radius 3 is 2.40 bits per heavy atom. The third-order valence-electron chi connectivity index (χ3n) is 3.62. The third kappa shape index (κ3) is 5.76. The lowest BCUT2D eigenvalue weighted by Gasteiger charge is -2.20. The van der Waals surface area contributed by atoms with Crippen molar-refractivity contribution in [1.29, 1.82) is 0 Å². The van der Waals surface area contributed by atoms with Crippen LogP contribution in [0.15, 0.2) is 42.1 Å². The first-order valence-electron chi connectivity index (χ1n) is 7.44. The van der Waals surface area contributed by atoms with Crippen LogP contribution in [0.2, 0.25) is 0 Å². The summed E-state index contributed by atoms with van der Waals surface area (Å²) in [6.45, 7) is 11.1. The van der Waals surface area contributed by atoms with Gasteiger partial charge < -0.3 is 14.5 Å². The first-order chi connectivity index (χ1) is 9.69. The van der Waals surface area contributed by atoms with Crippen LogP contribution in [0.3, 0.4) is 0 Å². The first-order valence-corrected chi connectivity index (χ1v) is 7.44. The molecule has 0 heterocycles. The number of rotatable bonds is 9. The van der Waals surface area contributed by atoms with E-state index in [1.165, 1.54) is 11.4 Å². The van der Waals surface area contributed by atoms with E-state index in [4.69, 9.17) is 4.74 Å². The lowest BCUT2D eigenvalue weighted by Crippen LogP contribution is -2.27. The number of nitrogens with zero attached hydrogens (tertiary/aromatic N) is 2. The molecule has 0 aliphatic heterocycles. The monoisotopic (exact) mass is 276 g/mol. The molecule has 0 aromatic heterocycles. The highest BCUT2D eigenvalue weighted by Crippen LogP contribution is 2.15. The average Bonchev–Trinajstić information content (AvgIpc) is 2.50. The van der Waals surface area contributed by atoms with E-state index in [0.29, 0.717) is 6.61 Å². The number of benzene rings is 1. The normalized spacial score (nSPS) is 11.9. The molecule has 0 atom stereocenters. The van der Waals surface area contributed by atoms with Crippen LogP contribution < -0.4 is 4.90 Å². The molecule has 0 N–H and O–H groups in total. The topological polar surface area (TPSA) is 15.7 Å². The summed E-state index contributed by atoms with van der Waals surface area (Å²) in [4.78, 5) is 4.54. The second-order valence-electron chi connectivity index (χ2n) is 4.84.